The van der Waals surface area contributed by atoms with Crippen molar-refractivity contribution in [2.75, 3.05) is 31.2 Å². The molecule has 0 amide bonds. The van der Waals surface area contributed by atoms with E-state index in [0.29, 0.717) is 10.5 Å². The molecular weight excluding hydrogens is 290 g/mol. The summed E-state index contributed by atoms with van der Waals surface area (Å²) in [5.74, 6) is 2.31. The number of H-pyrrole nitrogens is 1. The average molecular weight is 307 g/mol. The smallest absolute Gasteiger partial charge is 0.216 e. The highest BCUT2D eigenvalue weighted by Crippen LogP contribution is 2.18. The molecule has 21 heavy (non-hydrogen) atoms. The third-order valence-electron chi connectivity index (χ3n) is 3.27. The van der Waals surface area contributed by atoms with E-state index in [1.165, 1.54) is 0 Å². The first-order valence-corrected chi connectivity index (χ1v) is 7.32. The van der Waals surface area contributed by atoms with Gasteiger partial charge in [0.2, 0.25) is 4.77 Å². The third kappa shape index (κ3) is 3.06. The Balaban J connectivity index is 1.76. The molecule has 2 aromatic rings. The van der Waals surface area contributed by atoms with Gasteiger partial charge < -0.3 is 14.1 Å². The second-order valence-corrected chi connectivity index (χ2v) is 5.02. The molecule has 1 fully saturated rings. The van der Waals surface area contributed by atoms with Crippen molar-refractivity contribution in [2.24, 2.45) is 5.10 Å². The van der Waals surface area contributed by atoms with Crippen LogP contribution in [0.1, 0.15) is 18.5 Å². The molecule has 0 spiro atoms. The van der Waals surface area contributed by atoms with Gasteiger partial charge in [-0.2, -0.15) is 14.9 Å². The van der Waals surface area contributed by atoms with E-state index in [-0.39, 0.29) is 0 Å². The zero-order valence-corrected chi connectivity index (χ0v) is 12.6. The molecule has 112 valence electrons. The Bertz CT molecular complexity index is 681. The van der Waals surface area contributed by atoms with Gasteiger partial charge in [-0.3, -0.25) is 5.10 Å². The number of aryl methyl sites for hydroxylation is 1. The molecule has 0 aliphatic carbocycles. The number of aromatic nitrogens is 3. The molecule has 0 atom stereocenters. The first kappa shape index (κ1) is 14.0. The number of rotatable bonds is 4. The number of hydrogen-bond acceptors (Lipinski definition) is 6. The normalized spacial score (nSPS) is 16.0. The molecule has 3 heterocycles. The van der Waals surface area contributed by atoms with Crippen molar-refractivity contribution in [1.29, 1.82) is 0 Å². The van der Waals surface area contributed by atoms with Crippen molar-refractivity contribution in [3.8, 4) is 0 Å². The molecule has 0 aromatic carbocycles. The number of nitrogens with zero attached hydrogens (tertiary/aromatic N) is 4. The number of nitrogens with one attached hydrogen (secondary N) is 1. The molecule has 0 saturated carbocycles. The maximum atomic E-state index is 5.78. The second-order valence-electron chi connectivity index (χ2n) is 4.63. The number of hydrogen-bond donors (Lipinski definition) is 1. The molecule has 1 N–H and O–H groups in total. The predicted molar refractivity (Wildman–Crippen MR) is 81.5 cm³/mol. The van der Waals surface area contributed by atoms with E-state index < -0.39 is 0 Å². The van der Waals surface area contributed by atoms with E-state index in [4.69, 9.17) is 21.4 Å². The van der Waals surface area contributed by atoms with E-state index in [0.717, 1.165) is 44.4 Å². The fraction of sp³-hybridized carbons (Fsp3) is 0.462. The summed E-state index contributed by atoms with van der Waals surface area (Å²) in [6.07, 6.45) is 2.40. The first-order chi connectivity index (χ1) is 10.3. The van der Waals surface area contributed by atoms with Gasteiger partial charge >= 0.3 is 0 Å². The third-order valence-corrected chi connectivity index (χ3v) is 3.53. The Morgan fingerprint density at radius 3 is 3.00 bits per heavy atom. The van der Waals surface area contributed by atoms with Crippen molar-refractivity contribution in [3.63, 3.8) is 0 Å². The molecule has 0 radical (unpaired) electrons. The summed E-state index contributed by atoms with van der Waals surface area (Å²) in [4.78, 5) is 2.15. The van der Waals surface area contributed by atoms with Crippen LogP contribution in [-0.2, 0) is 11.2 Å². The van der Waals surface area contributed by atoms with Crippen molar-refractivity contribution in [1.82, 2.24) is 14.9 Å². The Labute approximate surface area is 127 Å². The number of furan rings is 1. The second kappa shape index (κ2) is 6.23. The fourth-order valence-electron chi connectivity index (χ4n) is 2.15. The average Bonchev–Trinajstić information content (AvgIpc) is 3.13. The summed E-state index contributed by atoms with van der Waals surface area (Å²) >= 11 is 5.14. The Hall–Kier alpha value is -1.93. The lowest BCUT2D eigenvalue weighted by Gasteiger charge is -2.26. The number of anilines is 1. The molecular formula is C13H17N5O2S. The van der Waals surface area contributed by atoms with Gasteiger partial charge in [0.25, 0.3) is 0 Å². The zero-order chi connectivity index (χ0) is 14.7. The van der Waals surface area contributed by atoms with Gasteiger partial charge in [0, 0.05) is 25.6 Å². The lowest BCUT2D eigenvalue weighted by molar-refractivity contribution is 0.120. The van der Waals surface area contributed by atoms with E-state index in [1.807, 2.05) is 19.1 Å². The molecule has 1 aliphatic rings. The highest BCUT2D eigenvalue weighted by Gasteiger charge is 2.14. The van der Waals surface area contributed by atoms with Gasteiger partial charge in [0.05, 0.1) is 19.4 Å². The van der Waals surface area contributed by atoms with Gasteiger partial charge in [0.1, 0.15) is 5.76 Å². The van der Waals surface area contributed by atoms with Crippen molar-refractivity contribution in [3.05, 3.63) is 28.5 Å². The maximum absolute atomic E-state index is 5.78. The topological polar surface area (TPSA) is 71.6 Å². The van der Waals surface area contributed by atoms with Crippen LogP contribution in [0.2, 0.25) is 0 Å². The van der Waals surface area contributed by atoms with Gasteiger partial charge in [-0.1, -0.05) is 6.92 Å². The molecule has 8 heteroatoms. The Morgan fingerprint density at radius 2 is 2.24 bits per heavy atom. The lowest BCUT2D eigenvalue weighted by atomic mass is 10.4. The molecule has 1 aliphatic heterocycles. The van der Waals surface area contributed by atoms with E-state index in [9.17, 15) is 0 Å². The summed E-state index contributed by atoms with van der Waals surface area (Å²) in [6, 6.07) is 3.84. The monoisotopic (exact) mass is 307 g/mol. The summed E-state index contributed by atoms with van der Waals surface area (Å²) < 4.78 is 13.2. The maximum Gasteiger partial charge on any atom is 0.216 e. The Morgan fingerprint density at radius 1 is 1.43 bits per heavy atom. The summed E-state index contributed by atoms with van der Waals surface area (Å²) in [6.45, 7) is 5.15. The zero-order valence-electron chi connectivity index (χ0n) is 11.8. The highest BCUT2D eigenvalue weighted by molar-refractivity contribution is 7.71. The number of morpholine rings is 1. The molecule has 0 bridgehead atoms. The highest BCUT2D eigenvalue weighted by atomic mass is 32.1. The quantitative estimate of drug-likeness (QED) is 0.689. The summed E-state index contributed by atoms with van der Waals surface area (Å²) in [7, 11) is 0. The molecule has 7 nitrogen and oxygen atoms in total. The standard InChI is InChI=1S/C13H17N5O2S/c1-2-11-15-16-13(21)18(11)14-9-10-3-4-12(20-10)17-5-7-19-8-6-17/h3-4,9H,2,5-8H2,1H3,(H,16,21)/b14-9+. The molecule has 0 unspecified atom stereocenters. The van der Waals surface area contributed by atoms with Crippen LogP contribution in [0.25, 0.3) is 0 Å². The van der Waals surface area contributed by atoms with Crippen LogP contribution in [0, 0.1) is 4.77 Å². The lowest BCUT2D eigenvalue weighted by Crippen LogP contribution is -2.35. The van der Waals surface area contributed by atoms with Crippen LogP contribution in [0.5, 0.6) is 0 Å². The van der Waals surface area contributed by atoms with Gasteiger partial charge in [-0.25, -0.2) is 0 Å². The molecule has 3 rings (SSSR count). The number of ether oxygens (including phenoxy) is 1. The predicted octanol–water partition coefficient (Wildman–Crippen LogP) is 1.81. The van der Waals surface area contributed by atoms with E-state index in [1.54, 1.807) is 10.9 Å². The van der Waals surface area contributed by atoms with Crippen LogP contribution >= 0.6 is 12.2 Å². The Kier molecular flexibility index (Phi) is 4.16. The van der Waals surface area contributed by atoms with Crippen LogP contribution in [-0.4, -0.2) is 47.4 Å². The van der Waals surface area contributed by atoms with Gasteiger partial charge in [0.15, 0.2) is 11.7 Å². The number of aromatic amines is 1. The van der Waals surface area contributed by atoms with Crippen LogP contribution in [0.4, 0.5) is 5.88 Å². The van der Waals surface area contributed by atoms with Crippen molar-refractivity contribution < 1.29 is 9.15 Å². The van der Waals surface area contributed by atoms with Crippen molar-refractivity contribution in [2.45, 2.75) is 13.3 Å². The SMILES string of the molecule is CCc1n[nH]c(=S)n1/N=C/c1ccc(N2CCOCC2)o1. The summed E-state index contributed by atoms with van der Waals surface area (Å²) in [5, 5.41) is 11.2. The fourth-order valence-corrected chi connectivity index (χ4v) is 2.35. The van der Waals surface area contributed by atoms with E-state index >= 15 is 0 Å². The molecule has 1 saturated heterocycles. The van der Waals surface area contributed by atoms with Gasteiger partial charge in [-0.15, -0.1) is 0 Å². The first-order valence-electron chi connectivity index (χ1n) is 6.91. The van der Waals surface area contributed by atoms with E-state index in [2.05, 4.69) is 20.2 Å². The van der Waals surface area contributed by atoms with Gasteiger partial charge in [-0.05, 0) is 18.3 Å². The van der Waals surface area contributed by atoms with Crippen LogP contribution in [0.3, 0.4) is 0 Å². The summed E-state index contributed by atoms with van der Waals surface area (Å²) in [5.41, 5.74) is 0. The van der Waals surface area contributed by atoms with Crippen molar-refractivity contribution >= 4 is 24.3 Å². The molecule has 2 aromatic heterocycles. The minimum atomic E-state index is 0.475. The van der Waals surface area contributed by atoms with Crippen LogP contribution < -0.4 is 4.90 Å². The minimum Gasteiger partial charge on any atom is -0.440 e. The largest absolute Gasteiger partial charge is 0.440 e. The van der Waals surface area contributed by atoms with Crippen LogP contribution in [0.15, 0.2) is 21.7 Å². The minimum absolute atomic E-state index is 0.475.